The number of aromatic hydroxyl groups is 1. The van der Waals surface area contributed by atoms with Gasteiger partial charge in [0.2, 0.25) is 0 Å². The van der Waals surface area contributed by atoms with Gasteiger partial charge in [-0.05, 0) is 31.2 Å². The first-order valence-corrected chi connectivity index (χ1v) is 4.69. The zero-order chi connectivity index (χ0) is 12.0. The van der Waals surface area contributed by atoms with Gasteiger partial charge in [0, 0.05) is 5.56 Å². The van der Waals surface area contributed by atoms with Crippen LogP contribution in [0.5, 0.6) is 11.5 Å². The highest BCUT2D eigenvalue weighted by Crippen LogP contribution is 2.25. The van der Waals surface area contributed by atoms with E-state index in [0.717, 1.165) is 0 Å². The highest BCUT2D eigenvalue weighted by molar-refractivity contribution is 5.67. The van der Waals surface area contributed by atoms with Gasteiger partial charge in [-0.25, -0.2) is 0 Å². The SMILES string of the molecule is CCOc1ccc(O)c(C=C(C#N)C#N)c1. The van der Waals surface area contributed by atoms with Crippen molar-refractivity contribution >= 4 is 6.08 Å². The topological polar surface area (TPSA) is 77.0 Å². The predicted molar refractivity (Wildman–Crippen MR) is 58.5 cm³/mol. The number of hydrogen-bond donors (Lipinski definition) is 1. The molecule has 80 valence electrons. The Morgan fingerprint density at radius 1 is 1.44 bits per heavy atom. The molecule has 0 aromatic heterocycles. The average Bonchev–Trinajstić information content (AvgIpc) is 2.30. The van der Waals surface area contributed by atoms with E-state index < -0.39 is 0 Å². The lowest BCUT2D eigenvalue weighted by Crippen LogP contribution is -1.91. The normalized spacial score (nSPS) is 8.69. The highest BCUT2D eigenvalue weighted by atomic mass is 16.5. The molecule has 0 fully saturated rings. The van der Waals surface area contributed by atoms with Crippen LogP contribution in [0.4, 0.5) is 0 Å². The fourth-order valence-electron chi connectivity index (χ4n) is 1.15. The first-order chi connectivity index (χ1) is 7.71. The highest BCUT2D eigenvalue weighted by Gasteiger charge is 2.02. The van der Waals surface area contributed by atoms with E-state index in [1.807, 2.05) is 6.92 Å². The summed E-state index contributed by atoms with van der Waals surface area (Å²) < 4.78 is 5.24. The monoisotopic (exact) mass is 214 g/mol. The van der Waals surface area contributed by atoms with E-state index in [-0.39, 0.29) is 11.3 Å². The molecule has 0 amide bonds. The van der Waals surface area contributed by atoms with Crippen LogP contribution < -0.4 is 4.74 Å². The zero-order valence-electron chi connectivity index (χ0n) is 8.77. The first-order valence-electron chi connectivity index (χ1n) is 4.69. The zero-order valence-corrected chi connectivity index (χ0v) is 8.77. The van der Waals surface area contributed by atoms with Crippen molar-refractivity contribution in [3.8, 4) is 23.6 Å². The van der Waals surface area contributed by atoms with E-state index in [1.54, 1.807) is 24.3 Å². The molecule has 0 saturated heterocycles. The van der Waals surface area contributed by atoms with Crippen molar-refractivity contribution in [2.45, 2.75) is 6.92 Å². The number of allylic oxidation sites excluding steroid dienone is 1. The number of nitriles is 2. The molecule has 1 aromatic carbocycles. The van der Waals surface area contributed by atoms with Crippen LogP contribution in [-0.4, -0.2) is 11.7 Å². The molecule has 0 aliphatic rings. The summed E-state index contributed by atoms with van der Waals surface area (Å²) in [6.07, 6.45) is 1.32. The molecule has 1 N–H and O–H groups in total. The third kappa shape index (κ3) is 2.76. The van der Waals surface area contributed by atoms with Crippen LogP contribution in [0.1, 0.15) is 12.5 Å². The summed E-state index contributed by atoms with van der Waals surface area (Å²) in [5, 5.41) is 26.7. The molecule has 0 spiro atoms. The van der Waals surface area contributed by atoms with Gasteiger partial charge in [-0.3, -0.25) is 0 Å². The molecule has 0 aliphatic carbocycles. The quantitative estimate of drug-likeness (QED) is 0.782. The maximum absolute atomic E-state index is 9.52. The van der Waals surface area contributed by atoms with Crippen LogP contribution in [0.25, 0.3) is 6.08 Å². The number of nitrogens with zero attached hydrogens (tertiary/aromatic N) is 2. The van der Waals surface area contributed by atoms with Gasteiger partial charge in [0.25, 0.3) is 0 Å². The minimum Gasteiger partial charge on any atom is -0.507 e. The van der Waals surface area contributed by atoms with Crippen molar-refractivity contribution < 1.29 is 9.84 Å². The molecule has 1 aromatic rings. The van der Waals surface area contributed by atoms with Crippen molar-refractivity contribution in [1.82, 2.24) is 0 Å². The van der Waals surface area contributed by atoms with Crippen LogP contribution in [0.15, 0.2) is 23.8 Å². The molecule has 0 bridgehead atoms. The van der Waals surface area contributed by atoms with Crippen molar-refractivity contribution in [2.24, 2.45) is 0 Å². The summed E-state index contributed by atoms with van der Waals surface area (Å²) in [5.41, 5.74) is 0.327. The van der Waals surface area contributed by atoms with Crippen molar-refractivity contribution in [2.75, 3.05) is 6.61 Å². The predicted octanol–water partition coefficient (Wildman–Crippen LogP) is 2.22. The van der Waals surface area contributed by atoms with Crippen LogP contribution in [-0.2, 0) is 0 Å². The van der Waals surface area contributed by atoms with Gasteiger partial charge < -0.3 is 9.84 Å². The van der Waals surface area contributed by atoms with Crippen molar-refractivity contribution in [1.29, 1.82) is 10.5 Å². The van der Waals surface area contributed by atoms with Gasteiger partial charge in [-0.1, -0.05) is 0 Å². The summed E-state index contributed by atoms with van der Waals surface area (Å²) in [5.74, 6) is 0.591. The summed E-state index contributed by atoms with van der Waals surface area (Å²) in [7, 11) is 0. The molecule has 4 nitrogen and oxygen atoms in total. The number of ether oxygens (including phenoxy) is 1. The van der Waals surface area contributed by atoms with Crippen molar-refractivity contribution in [3.63, 3.8) is 0 Å². The molecule has 1 rings (SSSR count). The van der Waals surface area contributed by atoms with Gasteiger partial charge in [0.05, 0.1) is 6.61 Å². The smallest absolute Gasteiger partial charge is 0.130 e. The van der Waals surface area contributed by atoms with Crippen LogP contribution >= 0.6 is 0 Å². The second-order valence-corrected chi connectivity index (χ2v) is 2.94. The van der Waals surface area contributed by atoms with E-state index in [2.05, 4.69) is 0 Å². The minimum absolute atomic E-state index is 0.00598. The molecule has 0 heterocycles. The van der Waals surface area contributed by atoms with Crippen LogP contribution in [0, 0.1) is 22.7 Å². The molecule has 0 aliphatic heterocycles. The Balaban J connectivity index is 3.14. The number of phenolic OH excluding ortho intramolecular Hbond substituents is 1. The standard InChI is InChI=1S/C12H10N2O2/c1-2-16-11-3-4-12(15)10(6-11)5-9(7-13)8-14/h3-6,15H,2H2,1H3. The van der Waals surface area contributed by atoms with E-state index in [1.165, 1.54) is 12.1 Å². The second-order valence-electron chi connectivity index (χ2n) is 2.94. The largest absolute Gasteiger partial charge is 0.507 e. The molecular formula is C12H10N2O2. The van der Waals surface area contributed by atoms with E-state index in [4.69, 9.17) is 15.3 Å². The molecule has 0 radical (unpaired) electrons. The Kier molecular flexibility index (Phi) is 3.94. The fourth-order valence-corrected chi connectivity index (χ4v) is 1.15. The van der Waals surface area contributed by atoms with Crippen LogP contribution in [0.2, 0.25) is 0 Å². The third-order valence-electron chi connectivity index (χ3n) is 1.85. The van der Waals surface area contributed by atoms with Gasteiger partial charge >= 0.3 is 0 Å². The minimum atomic E-state index is -0.0658. The Morgan fingerprint density at radius 3 is 2.69 bits per heavy atom. The third-order valence-corrected chi connectivity index (χ3v) is 1.85. The summed E-state index contributed by atoms with van der Waals surface area (Å²) in [4.78, 5) is 0. The maximum atomic E-state index is 9.52. The lowest BCUT2D eigenvalue weighted by molar-refractivity contribution is 0.339. The van der Waals surface area contributed by atoms with E-state index in [9.17, 15) is 5.11 Å². The summed E-state index contributed by atoms with van der Waals surface area (Å²) >= 11 is 0. The molecular weight excluding hydrogens is 204 g/mol. The van der Waals surface area contributed by atoms with E-state index >= 15 is 0 Å². The Morgan fingerprint density at radius 2 is 2.12 bits per heavy atom. The first kappa shape index (κ1) is 11.6. The molecule has 4 heteroatoms. The number of benzene rings is 1. The second kappa shape index (κ2) is 5.43. The maximum Gasteiger partial charge on any atom is 0.130 e. The summed E-state index contributed by atoms with van der Waals surface area (Å²) in [6, 6.07) is 8.11. The Labute approximate surface area is 93.6 Å². The summed E-state index contributed by atoms with van der Waals surface area (Å²) in [6.45, 7) is 2.36. The Hall–Kier alpha value is -2.46. The molecule has 0 unspecified atom stereocenters. The van der Waals surface area contributed by atoms with Gasteiger partial charge in [-0.2, -0.15) is 10.5 Å². The molecule has 16 heavy (non-hydrogen) atoms. The lowest BCUT2D eigenvalue weighted by Gasteiger charge is -2.05. The average molecular weight is 214 g/mol. The number of hydrogen-bond acceptors (Lipinski definition) is 4. The Bertz CT molecular complexity index is 477. The van der Waals surface area contributed by atoms with Gasteiger partial charge in [0.1, 0.15) is 29.2 Å². The number of rotatable bonds is 3. The van der Waals surface area contributed by atoms with Gasteiger partial charge in [-0.15, -0.1) is 0 Å². The van der Waals surface area contributed by atoms with E-state index in [0.29, 0.717) is 17.9 Å². The molecule has 0 saturated carbocycles. The fraction of sp³-hybridized carbons (Fsp3) is 0.167. The number of phenols is 1. The molecule has 0 atom stereocenters. The lowest BCUT2D eigenvalue weighted by atomic mass is 10.1. The van der Waals surface area contributed by atoms with Crippen molar-refractivity contribution in [3.05, 3.63) is 29.3 Å². The van der Waals surface area contributed by atoms with Gasteiger partial charge in [0.15, 0.2) is 0 Å². The van der Waals surface area contributed by atoms with Crippen LogP contribution in [0.3, 0.4) is 0 Å².